The van der Waals surface area contributed by atoms with Crippen LogP contribution in [0, 0.1) is 0 Å². The molecule has 0 N–H and O–H groups in total. The summed E-state index contributed by atoms with van der Waals surface area (Å²) in [6.45, 7) is -1.26. The van der Waals surface area contributed by atoms with Crippen LogP contribution < -0.4 is 26.2 Å². The predicted molar refractivity (Wildman–Crippen MR) is 507 cm³/mol. The Balaban J connectivity index is 0.965. The molecule has 5 nitrogen and oxygen atoms in total. The molecule has 0 spiro atoms. The Kier molecular flexibility index (Phi) is 11.0. The summed E-state index contributed by atoms with van der Waals surface area (Å²) in [4.78, 5) is 4.19. The summed E-state index contributed by atoms with van der Waals surface area (Å²) in [6, 6.07) is 84.1. The highest BCUT2D eigenvalue weighted by Crippen LogP contribution is 2.60. The van der Waals surface area contributed by atoms with Crippen molar-refractivity contribution in [2.24, 2.45) is 0 Å². The second kappa shape index (κ2) is 26.9. The molecule has 120 heavy (non-hydrogen) atoms. The number of anilines is 6. The Hall–Kier alpha value is -15.8. The third kappa shape index (κ3) is 10.2. The van der Waals surface area contributed by atoms with Crippen LogP contribution in [0.5, 0.6) is 0 Å². The molecule has 2 aliphatic rings. The first-order valence-corrected chi connectivity index (χ1v) is 39.8. The Bertz CT molecular complexity index is 9070. The molecule has 25 rings (SSSR count). The number of hydrogen-bond acceptors (Lipinski definition) is 2. The maximum Gasteiger partial charge on any atom is 0.252 e. The lowest BCUT2D eigenvalue weighted by molar-refractivity contribution is 1.17. The molecular weight excluding hydrogens is 1450 g/mol. The Morgan fingerprint density at radius 2 is 0.542 bits per heavy atom. The fourth-order valence-electron chi connectivity index (χ4n) is 18.9. The van der Waals surface area contributed by atoms with Crippen molar-refractivity contribution < 1.29 is 30.2 Å². The van der Waals surface area contributed by atoms with E-state index < -0.39 is 115 Å². The summed E-state index contributed by atoms with van der Waals surface area (Å²) in [5.74, 6) is 0. The van der Waals surface area contributed by atoms with Crippen LogP contribution in [0.1, 0.15) is 30.2 Å². The normalized spacial score (nSPS) is 15.0. The van der Waals surface area contributed by atoms with Crippen LogP contribution in [0.3, 0.4) is 0 Å². The van der Waals surface area contributed by atoms with Gasteiger partial charge in [0.15, 0.2) is 0 Å². The van der Waals surface area contributed by atoms with Gasteiger partial charge in [-0.25, -0.2) is 0 Å². The highest BCUT2D eigenvalue weighted by Gasteiger charge is 2.49. The summed E-state index contributed by atoms with van der Waals surface area (Å²) in [5.41, 5.74) is 12.1. The van der Waals surface area contributed by atoms with Crippen molar-refractivity contribution >= 4 is 139 Å². The summed E-state index contributed by atoms with van der Waals surface area (Å²) in [5, 5.41) is -0.229. The zero-order valence-corrected chi connectivity index (χ0v) is 63.7. The number of nitrogens with zero attached hydrogens (tertiary/aromatic N) is 5. The van der Waals surface area contributed by atoms with Crippen LogP contribution in [0.2, 0.25) is 0 Å². The van der Waals surface area contributed by atoms with Gasteiger partial charge in [0, 0.05) is 88.1 Å². The van der Waals surface area contributed by atoms with E-state index in [4.69, 9.17) is 0 Å². The monoisotopic (exact) mass is 1540 g/mol. The molecule has 23 aromatic rings. The van der Waals surface area contributed by atoms with Crippen LogP contribution in [-0.2, 0) is 0 Å². The number of rotatable bonds is 12. The first-order chi connectivity index (χ1) is 68.8. The van der Waals surface area contributed by atoms with E-state index in [9.17, 15) is 30.2 Å². The van der Waals surface area contributed by atoms with Crippen molar-refractivity contribution in [3.63, 3.8) is 0 Å². The first-order valence-electron chi connectivity index (χ1n) is 50.8. The van der Waals surface area contributed by atoms with E-state index in [1.54, 1.807) is 81.8 Å². The largest absolute Gasteiger partial charge is 0.309 e. The van der Waals surface area contributed by atoms with Crippen LogP contribution in [0.25, 0.3) is 182 Å². The highest BCUT2D eigenvalue weighted by atomic mass is 15.2. The van der Waals surface area contributed by atoms with Gasteiger partial charge in [0.05, 0.1) is 91.5 Å². The number of fused-ring (bicyclic) bond motifs is 18. The molecule has 6 heteroatoms. The number of hydrogen-bond donors (Lipinski definition) is 0. The van der Waals surface area contributed by atoms with Crippen LogP contribution in [-0.4, -0.2) is 20.2 Å². The minimum absolute atomic E-state index is 0.0325. The zero-order chi connectivity index (χ0) is 97.8. The lowest BCUT2D eigenvalue weighted by atomic mass is 9.33. The van der Waals surface area contributed by atoms with Crippen LogP contribution in [0.15, 0.2) is 436 Å². The molecular formula is C114H72BN5. The molecule has 2 aliphatic heterocycles. The van der Waals surface area contributed by atoms with E-state index in [0.29, 0.717) is 94.8 Å². The van der Waals surface area contributed by atoms with Crippen molar-refractivity contribution in [1.82, 2.24) is 13.5 Å². The van der Waals surface area contributed by atoms with Crippen molar-refractivity contribution in [2.75, 3.05) is 9.80 Å². The molecule has 4 aromatic heterocycles. The van der Waals surface area contributed by atoms with Gasteiger partial charge in [-0.2, -0.15) is 0 Å². The molecule has 0 bridgehead atoms. The number of para-hydroxylation sites is 4. The van der Waals surface area contributed by atoms with Gasteiger partial charge in [-0.05, 0) is 174 Å². The third-order valence-electron chi connectivity index (χ3n) is 24.0. The quantitative estimate of drug-likeness (QED) is 0.114. The smallest absolute Gasteiger partial charge is 0.252 e. The van der Waals surface area contributed by atoms with Crippen LogP contribution >= 0.6 is 0 Å². The fourth-order valence-corrected chi connectivity index (χ4v) is 18.9. The van der Waals surface area contributed by atoms with E-state index in [1.807, 2.05) is 206 Å². The lowest BCUT2D eigenvalue weighted by Crippen LogP contribution is -2.61. The maximum atomic E-state index is 10.9. The molecule has 0 aliphatic carbocycles. The molecule has 0 atom stereocenters. The average Bonchev–Trinajstić information content (AvgIpc) is 1.47. The van der Waals surface area contributed by atoms with Gasteiger partial charge in [-0.1, -0.05) is 345 Å². The fraction of sp³-hybridized carbons (Fsp3) is 0. The summed E-state index contributed by atoms with van der Waals surface area (Å²) in [7, 11) is 0. The van der Waals surface area contributed by atoms with Gasteiger partial charge in [0.25, 0.3) is 6.71 Å². The molecule has 0 fully saturated rings. The lowest BCUT2D eigenvalue weighted by Gasteiger charge is -2.46. The third-order valence-corrected chi connectivity index (χ3v) is 24.0. The van der Waals surface area contributed by atoms with Gasteiger partial charge in [0.1, 0.15) is 0 Å². The zero-order valence-electron chi connectivity index (χ0n) is 85.7. The van der Waals surface area contributed by atoms with Gasteiger partial charge < -0.3 is 23.3 Å². The van der Waals surface area contributed by atoms with Gasteiger partial charge in [-0.3, -0.25) is 0 Å². The molecule has 0 saturated carbocycles. The Morgan fingerprint density at radius 3 is 0.950 bits per heavy atom. The van der Waals surface area contributed by atoms with Crippen LogP contribution in [0.4, 0.5) is 34.1 Å². The first kappa shape index (κ1) is 49.2. The molecule has 6 heterocycles. The van der Waals surface area contributed by atoms with Gasteiger partial charge in [0.2, 0.25) is 0 Å². The van der Waals surface area contributed by atoms with Crippen molar-refractivity contribution in [1.29, 1.82) is 0 Å². The maximum absolute atomic E-state index is 10.9. The molecule has 19 aromatic carbocycles. The standard InChI is InChI=1S/C114H72BN5/c1-9-33-73(34-10-1)81-58-64-103-96(65-81)88-50-26-30-54-100(88)116(103)85-59-62-97-105(71-85)119(110-92(77-41-17-5-18-42-77)66-83(75-37-13-3-14-38-75)67-93(110)78-43-19-6-20-44-78)113-107-90-51-27-31-55-101(90)118-102-56-32-28-52-91(102)108(112(107)118)114-109(113)115(97)98-63-60-86(117-99-53-29-25-49-87(99)89-61-57-82(70-104(89)117)74-35-11-2-12-36-74)72-106(98)120(114)111-94(79-45-21-7-22-46-79)68-84(76-39-15-4-16-40-76)69-95(111)80-47-23-8-24-48-80/h1-72H/i25D,26D,27D,28D,29D,30D,31D,32D,49D,50D,51D,52D,53D,54D,55D,56D,57D,58D,61D,64D,65D,70D. The predicted octanol–water partition coefficient (Wildman–Crippen LogP) is 28.4. The molecule has 0 radical (unpaired) electrons. The van der Waals surface area contributed by atoms with Crippen molar-refractivity contribution in [3.8, 4) is 100 Å². The minimum atomic E-state index is -1.26. The molecule has 0 unspecified atom stereocenters. The molecule has 0 amide bonds. The van der Waals surface area contributed by atoms with Gasteiger partial charge >= 0.3 is 0 Å². The van der Waals surface area contributed by atoms with E-state index >= 15 is 0 Å². The summed E-state index contributed by atoms with van der Waals surface area (Å²) < 4.78 is 229. The average molecular weight is 1540 g/mol. The topological polar surface area (TPSA) is 20.8 Å². The summed E-state index contributed by atoms with van der Waals surface area (Å²) in [6.07, 6.45) is 0. The molecule has 556 valence electrons. The second-order valence-corrected chi connectivity index (χ2v) is 30.4. The van der Waals surface area contributed by atoms with Crippen molar-refractivity contribution in [2.45, 2.75) is 0 Å². The number of benzene rings is 19. The van der Waals surface area contributed by atoms with E-state index in [2.05, 4.69) is 34.1 Å². The summed E-state index contributed by atoms with van der Waals surface area (Å²) >= 11 is 0. The Morgan fingerprint density at radius 1 is 0.225 bits per heavy atom. The van der Waals surface area contributed by atoms with Gasteiger partial charge in [-0.15, -0.1) is 0 Å². The molecule has 0 saturated heterocycles. The van der Waals surface area contributed by atoms with E-state index in [1.165, 1.54) is 4.57 Å². The minimum Gasteiger partial charge on any atom is -0.309 e. The van der Waals surface area contributed by atoms with E-state index in [0.717, 1.165) is 22.3 Å². The Labute approximate surface area is 725 Å². The van der Waals surface area contributed by atoms with E-state index in [-0.39, 0.29) is 140 Å². The number of aromatic nitrogens is 3. The second-order valence-electron chi connectivity index (χ2n) is 30.4. The highest BCUT2D eigenvalue weighted by molar-refractivity contribution is 7.01. The SMILES string of the molecule is [2H]c1c([2H])c([2H])c2c(c1[2H])c1c([2H])c(-c3ccccc3)c([2H])c([2H])c1n2-c1ccc2c(c1)N(c1c(-c3ccccc3)cc(-c3ccccc3)cc1-c1ccccc1)c1c3c(c4c5c([2H])c([2H])c([2H])c([2H])c5n5c6c([2H])c([2H])c([2H])c([2H])c6c1c45)N(c1c(-c4ccccc4)cc(-c4ccccc4)cc1-c1ccccc1)c1cc(-n4c5c([2H])c([2H])c([2H])c([2H])c5c5c([2H])c([2H])c(-c6ccccc6)c([2H])c54)ccc1B23. The van der Waals surface area contributed by atoms with Crippen molar-refractivity contribution in [3.05, 3.63) is 436 Å².